The van der Waals surface area contributed by atoms with E-state index in [1.807, 2.05) is 0 Å². The van der Waals surface area contributed by atoms with Crippen molar-refractivity contribution in [3.63, 3.8) is 0 Å². The Hall–Kier alpha value is -4.84. The second-order valence-corrected chi connectivity index (χ2v) is 19.4. The van der Waals surface area contributed by atoms with Crippen LogP contribution in [-0.4, -0.2) is 107 Å². The number of aliphatic hydroxyl groups is 2. The number of benzene rings is 1. The summed E-state index contributed by atoms with van der Waals surface area (Å²) < 4.78 is 36.3. The summed E-state index contributed by atoms with van der Waals surface area (Å²) in [7, 11) is 0. The highest BCUT2D eigenvalue weighted by molar-refractivity contribution is 7.10. The van der Waals surface area contributed by atoms with Crippen molar-refractivity contribution < 1.29 is 67.4 Å². The van der Waals surface area contributed by atoms with Gasteiger partial charge in [-0.05, 0) is 83.2 Å². The van der Waals surface area contributed by atoms with Gasteiger partial charge in [0.15, 0.2) is 17.5 Å². The molecule has 338 valence electrons. The zero-order valence-electron chi connectivity index (χ0n) is 36.8. The third kappa shape index (κ3) is 8.12. The third-order valence-corrected chi connectivity index (χ3v) is 14.1. The molecule has 1 aromatic carbocycles. The van der Waals surface area contributed by atoms with Gasteiger partial charge in [-0.2, -0.15) is 0 Å². The van der Waals surface area contributed by atoms with E-state index in [4.69, 9.17) is 28.4 Å². The normalized spacial score (nSPS) is 32.2. The Morgan fingerprint density at radius 3 is 2.24 bits per heavy atom. The number of carbonyl (C=O) groups excluding carboxylic acids is 6. The van der Waals surface area contributed by atoms with Gasteiger partial charge in [0.05, 0.1) is 41.6 Å². The van der Waals surface area contributed by atoms with E-state index in [-0.39, 0.29) is 36.3 Å². The molecule has 6 rings (SSSR count). The second-order valence-electron chi connectivity index (χ2n) is 18.4. The van der Waals surface area contributed by atoms with E-state index in [2.05, 4.69) is 10.6 Å². The Morgan fingerprint density at radius 1 is 1.00 bits per heavy atom. The molecule has 0 spiro atoms. The Bertz CT molecular complexity index is 2100. The van der Waals surface area contributed by atoms with Gasteiger partial charge in [-0.25, -0.2) is 14.4 Å². The number of rotatable bonds is 10. The molecule has 62 heavy (non-hydrogen) atoms. The van der Waals surface area contributed by atoms with Crippen molar-refractivity contribution in [2.75, 3.05) is 13.2 Å². The van der Waals surface area contributed by atoms with Crippen LogP contribution >= 0.6 is 11.3 Å². The van der Waals surface area contributed by atoms with E-state index in [0.717, 1.165) is 0 Å². The summed E-state index contributed by atoms with van der Waals surface area (Å²) in [6.45, 7) is 15.6. The molecule has 4 N–H and O–H groups in total. The summed E-state index contributed by atoms with van der Waals surface area (Å²) in [6, 6.07) is 10.5. The summed E-state index contributed by atoms with van der Waals surface area (Å²) in [5.41, 5.74) is -8.19. The molecular weight excluding hydrogens is 825 g/mol. The molecule has 17 heteroatoms. The first-order valence-electron chi connectivity index (χ1n) is 20.8. The molecule has 3 aliphatic carbocycles. The molecule has 2 heterocycles. The Balaban J connectivity index is 1.55. The van der Waals surface area contributed by atoms with E-state index in [9.17, 15) is 34.2 Å². The number of ketones is 1. The van der Waals surface area contributed by atoms with Crippen LogP contribution in [0.1, 0.15) is 103 Å². The fraction of sp³-hybridized carbons (Fsp3) is 0.600. The molecule has 2 amide bonds. The molecular formula is C45H58N2O14S. The number of carbonyl (C=O) groups is 6. The van der Waals surface area contributed by atoms with E-state index in [1.54, 1.807) is 91.1 Å². The molecule has 1 aliphatic heterocycles. The number of hydrogen-bond donors (Lipinski definition) is 4. The van der Waals surface area contributed by atoms with Crippen molar-refractivity contribution >= 4 is 47.2 Å². The first kappa shape index (κ1) is 46.7. The molecule has 1 aromatic heterocycles. The number of alkyl carbamates (subject to hydrolysis) is 2. The van der Waals surface area contributed by atoms with Crippen LogP contribution in [0.5, 0.6) is 0 Å². The number of hydrogen-bond acceptors (Lipinski definition) is 15. The van der Waals surface area contributed by atoms with Crippen LogP contribution in [0, 0.1) is 22.7 Å². The maximum absolute atomic E-state index is 15.6. The van der Waals surface area contributed by atoms with E-state index >= 15 is 4.79 Å². The van der Waals surface area contributed by atoms with Crippen molar-refractivity contribution in [1.82, 2.24) is 10.6 Å². The fourth-order valence-electron chi connectivity index (χ4n) is 9.87. The molecule has 1 saturated heterocycles. The van der Waals surface area contributed by atoms with Crippen LogP contribution in [0.2, 0.25) is 0 Å². The Labute approximate surface area is 365 Å². The molecule has 2 unspecified atom stereocenters. The van der Waals surface area contributed by atoms with Gasteiger partial charge in [0, 0.05) is 36.6 Å². The van der Waals surface area contributed by atoms with Crippen LogP contribution < -0.4 is 10.6 Å². The van der Waals surface area contributed by atoms with Crippen LogP contribution in [-0.2, 0) is 42.8 Å². The number of esters is 3. The van der Waals surface area contributed by atoms with E-state index in [1.165, 1.54) is 37.3 Å². The van der Waals surface area contributed by atoms with Gasteiger partial charge in [0.25, 0.3) is 0 Å². The van der Waals surface area contributed by atoms with E-state index < -0.39 is 118 Å². The topological polar surface area (TPSA) is 222 Å². The summed E-state index contributed by atoms with van der Waals surface area (Å²) in [5.74, 6) is -5.88. The van der Waals surface area contributed by atoms with Crippen LogP contribution in [0.25, 0.3) is 0 Å². The number of aliphatic hydroxyl groups excluding tert-OH is 1. The second kappa shape index (κ2) is 17.0. The third-order valence-electron chi connectivity index (χ3n) is 13.1. The highest BCUT2D eigenvalue weighted by Crippen LogP contribution is 2.64. The van der Waals surface area contributed by atoms with Crippen molar-refractivity contribution in [3.05, 3.63) is 69.4 Å². The standard InChI is InChI=1S/C45H58N2O14S/c1-11-46-39(53)58-33-31-23(2)27(57-37(51)24(3)32(28-18-15-19-62-28)47-40(54)61-41(5,6)7)21-45(55,42(31,8)9)36(59-38(52)26-16-13-12-14-17-26)34-43(10,35(33)50)29(49)20-30-44(34,22-56-30)60-25(4)48/h12-19,24,27,29-30,32-34,36,49,55H,11,20-22H2,1-10H3,(H,46,53)(H,47,54)/t24-,27+,29+,30-,32-,33-,34?,36?,43-,44+,45-/m1/s1. The monoisotopic (exact) mass is 882 g/mol. The van der Waals surface area contributed by atoms with Crippen molar-refractivity contribution in [3.8, 4) is 0 Å². The maximum Gasteiger partial charge on any atom is 0.408 e. The minimum Gasteiger partial charge on any atom is -0.457 e. The lowest BCUT2D eigenvalue weighted by molar-refractivity contribution is -0.345. The highest BCUT2D eigenvalue weighted by Gasteiger charge is 2.78. The zero-order valence-corrected chi connectivity index (χ0v) is 37.6. The highest BCUT2D eigenvalue weighted by atomic mass is 32.1. The summed E-state index contributed by atoms with van der Waals surface area (Å²) in [5, 5.41) is 33.0. The number of amides is 2. The van der Waals surface area contributed by atoms with Crippen molar-refractivity contribution in [1.29, 1.82) is 0 Å². The number of nitrogens with one attached hydrogen (secondary N) is 2. The molecule has 4 aliphatic rings. The molecule has 0 radical (unpaired) electrons. The lowest BCUT2D eigenvalue weighted by atomic mass is 9.44. The predicted molar refractivity (Wildman–Crippen MR) is 223 cm³/mol. The molecule has 16 nitrogen and oxygen atoms in total. The molecule has 2 saturated carbocycles. The molecule has 2 aromatic rings. The fourth-order valence-corrected chi connectivity index (χ4v) is 10.8. The lowest BCUT2D eigenvalue weighted by Crippen LogP contribution is -2.82. The van der Waals surface area contributed by atoms with Gasteiger partial charge < -0.3 is 49.3 Å². The number of Topliss-reactive ketones (excluding diaryl/α,β-unsaturated/α-hetero) is 1. The SMILES string of the molecule is CCNC(=O)O[C@H]1C(=O)[C@@]2(C)C(C(OC(=O)c3ccccc3)[C@]3(O)C[C@H](OC(=O)[C@H](C)[C@@H](NC(=O)OC(C)(C)C)c4cccs4)C(C)=C1C3(C)C)[C@]1(OC(C)=O)CO[C@@H]1C[C@@H]2O. The number of thiophene rings is 1. The summed E-state index contributed by atoms with van der Waals surface area (Å²) >= 11 is 1.30. The minimum absolute atomic E-state index is 0.0517. The van der Waals surface area contributed by atoms with Gasteiger partial charge in [-0.1, -0.05) is 38.1 Å². The summed E-state index contributed by atoms with van der Waals surface area (Å²) in [6.07, 6.45) is -9.90. The Morgan fingerprint density at radius 2 is 1.68 bits per heavy atom. The van der Waals surface area contributed by atoms with Gasteiger partial charge in [0.1, 0.15) is 29.5 Å². The first-order valence-corrected chi connectivity index (χ1v) is 21.7. The van der Waals surface area contributed by atoms with E-state index in [0.29, 0.717) is 4.88 Å². The van der Waals surface area contributed by atoms with Crippen molar-refractivity contribution in [2.24, 2.45) is 22.7 Å². The smallest absolute Gasteiger partial charge is 0.408 e. The quantitative estimate of drug-likeness (QED) is 0.134. The predicted octanol–water partition coefficient (Wildman–Crippen LogP) is 5.35. The lowest BCUT2D eigenvalue weighted by Gasteiger charge is -2.67. The van der Waals surface area contributed by atoms with Gasteiger partial charge in [0.2, 0.25) is 0 Å². The molecule has 2 bridgehead atoms. The first-order chi connectivity index (χ1) is 28.9. The largest absolute Gasteiger partial charge is 0.457 e. The van der Waals surface area contributed by atoms with Crippen molar-refractivity contribution in [2.45, 2.75) is 135 Å². The Kier molecular flexibility index (Phi) is 12.8. The average molecular weight is 883 g/mol. The zero-order chi connectivity index (χ0) is 45.7. The molecule has 11 atom stereocenters. The van der Waals surface area contributed by atoms with Crippen LogP contribution in [0.4, 0.5) is 9.59 Å². The van der Waals surface area contributed by atoms with Gasteiger partial charge >= 0.3 is 30.1 Å². The average Bonchev–Trinajstić information content (AvgIpc) is 3.72. The summed E-state index contributed by atoms with van der Waals surface area (Å²) in [4.78, 5) is 84.6. The van der Waals surface area contributed by atoms with Crippen LogP contribution in [0.15, 0.2) is 59.0 Å². The van der Waals surface area contributed by atoms with Gasteiger partial charge in [-0.15, -0.1) is 11.3 Å². The van der Waals surface area contributed by atoms with Gasteiger partial charge in [-0.3, -0.25) is 14.4 Å². The number of fused-ring (bicyclic) bond motifs is 5. The van der Waals surface area contributed by atoms with Crippen LogP contribution in [0.3, 0.4) is 0 Å². The maximum atomic E-state index is 15.6. The minimum atomic E-state index is -2.33. The molecule has 3 fully saturated rings. The number of ether oxygens (including phenoxy) is 6.